The number of fused-ring (bicyclic) bond motifs is 1. The lowest BCUT2D eigenvalue weighted by Gasteiger charge is -2.06. The maximum Gasteiger partial charge on any atom is 0.100 e. The lowest BCUT2D eigenvalue weighted by molar-refractivity contribution is 0.0783. The molecule has 0 spiro atoms. The Morgan fingerprint density at radius 2 is 1.89 bits per heavy atom. The molecule has 2 aromatic heterocycles. The third-order valence-electron chi connectivity index (χ3n) is 4.80. The molecule has 4 rings (SSSR count). The van der Waals surface area contributed by atoms with Crippen molar-refractivity contribution in [3.05, 3.63) is 60.0 Å². The Balaban J connectivity index is 1.80. The molecule has 0 saturated carbocycles. The van der Waals surface area contributed by atoms with Gasteiger partial charge in [-0.15, -0.1) is 0 Å². The van der Waals surface area contributed by atoms with Crippen LogP contribution in [0.25, 0.3) is 22.4 Å². The van der Waals surface area contributed by atoms with E-state index in [1.807, 2.05) is 30.5 Å². The summed E-state index contributed by atoms with van der Waals surface area (Å²) in [5.74, 6) is 0. The number of hydrogen-bond acceptors (Lipinski definition) is 6. The summed E-state index contributed by atoms with van der Waals surface area (Å²) >= 11 is 0. The topological polar surface area (TPSA) is 104 Å². The van der Waals surface area contributed by atoms with E-state index in [0.717, 1.165) is 46.4 Å². The van der Waals surface area contributed by atoms with E-state index in [4.69, 9.17) is 10.3 Å². The van der Waals surface area contributed by atoms with Gasteiger partial charge in [-0.25, -0.2) is 0 Å². The monoisotopic (exact) mass is 364 g/mol. The van der Waals surface area contributed by atoms with Crippen LogP contribution in [0.15, 0.2) is 54.1 Å². The Morgan fingerprint density at radius 1 is 1.07 bits per heavy atom. The number of hydrogen-bond donors (Lipinski definition) is 3. The first-order chi connectivity index (χ1) is 13.2. The fourth-order valence-corrected chi connectivity index (χ4v) is 3.46. The molecule has 2 heterocycles. The van der Waals surface area contributed by atoms with Crippen molar-refractivity contribution in [2.45, 2.75) is 25.5 Å². The van der Waals surface area contributed by atoms with Gasteiger partial charge >= 0.3 is 0 Å². The van der Waals surface area contributed by atoms with Crippen LogP contribution in [0.3, 0.4) is 0 Å². The van der Waals surface area contributed by atoms with Gasteiger partial charge in [-0.1, -0.05) is 23.4 Å². The molecule has 3 aromatic rings. The van der Waals surface area contributed by atoms with Gasteiger partial charge in [0.1, 0.15) is 5.69 Å². The van der Waals surface area contributed by atoms with Crippen molar-refractivity contribution < 1.29 is 15.4 Å². The number of pyridine rings is 1. The smallest absolute Gasteiger partial charge is 0.100 e. The zero-order chi connectivity index (χ0) is 18.8. The molecule has 3 N–H and O–H groups in total. The molecule has 0 fully saturated rings. The summed E-state index contributed by atoms with van der Waals surface area (Å²) in [6.07, 6.45) is 6.01. The van der Waals surface area contributed by atoms with E-state index in [0.29, 0.717) is 5.71 Å². The lowest BCUT2D eigenvalue weighted by Crippen LogP contribution is -2.20. The summed E-state index contributed by atoms with van der Waals surface area (Å²) in [7, 11) is 0. The molecule has 1 unspecified atom stereocenters. The third-order valence-corrected chi connectivity index (χ3v) is 4.80. The Kier molecular flexibility index (Phi) is 4.70. The molecule has 0 radical (unpaired) electrons. The van der Waals surface area contributed by atoms with Gasteiger partial charge in [-0.05, 0) is 36.1 Å². The molecule has 138 valence electrons. The van der Waals surface area contributed by atoms with Gasteiger partial charge in [-0.2, -0.15) is 5.10 Å². The minimum Gasteiger partial charge on any atom is -0.411 e. The van der Waals surface area contributed by atoms with Crippen molar-refractivity contribution in [2.75, 3.05) is 6.61 Å². The molecule has 7 heteroatoms. The summed E-state index contributed by atoms with van der Waals surface area (Å²) < 4.78 is 1.65. The van der Waals surface area contributed by atoms with Crippen LogP contribution >= 0.6 is 0 Å². The quantitative estimate of drug-likeness (QED) is 0.475. The number of aliphatic hydroxyl groups excluding tert-OH is 2. The zero-order valence-electron chi connectivity index (χ0n) is 14.7. The van der Waals surface area contributed by atoms with Crippen LogP contribution in [-0.4, -0.2) is 48.6 Å². The highest BCUT2D eigenvalue weighted by Gasteiger charge is 2.21. The molecule has 0 amide bonds. The maximum absolute atomic E-state index is 9.78. The Bertz CT molecular complexity index is 982. The molecule has 1 aliphatic rings. The van der Waals surface area contributed by atoms with Gasteiger partial charge in [0.15, 0.2) is 0 Å². The highest BCUT2D eigenvalue weighted by Crippen LogP contribution is 2.34. The fraction of sp³-hybridized carbons (Fsp3) is 0.250. The molecular formula is C20H20N4O3. The second-order valence-corrected chi connectivity index (χ2v) is 6.60. The van der Waals surface area contributed by atoms with Crippen molar-refractivity contribution >= 4 is 5.71 Å². The van der Waals surface area contributed by atoms with Gasteiger partial charge in [0, 0.05) is 35.3 Å². The van der Waals surface area contributed by atoms with E-state index in [1.54, 1.807) is 17.1 Å². The van der Waals surface area contributed by atoms with Gasteiger partial charge in [0.25, 0.3) is 0 Å². The largest absolute Gasteiger partial charge is 0.411 e. The molecule has 1 aromatic carbocycles. The molecule has 0 aliphatic heterocycles. The van der Waals surface area contributed by atoms with Crippen LogP contribution in [0.4, 0.5) is 0 Å². The summed E-state index contributed by atoms with van der Waals surface area (Å²) in [6, 6.07) is 9.85. The van der Waals surface area contributed by atoms with Crippen molar-refractivity contribution in [1.29, 1.82) is 0 Å². The predicted octanol–water partition coefficient (Wildman–Crippen LogP) is 2.09. The van der Waals surface area contributed by atoms with Crippen molar-refractivity contribution in [1.82, 2.24) is 14.8 Å². The number of nitrogens with zero attached hydrogens (tertiary/aromatic N) is 4. The van der Waals surface area contributed by atoms with Crippen LogP contribution in [-0.2, 0) is 13.0 Å². The first-order valence-electron chi connectivity index (χ1n) is 8.81. The molecule has 27 heavy (non-hydrogen) atoms. The van der Waals surface area contributed by atoms with Crippen molar-refractivity contribution in [3.63, 3.8) is 0 Å². The summed E-state index contributed by atoms with van der Waals surface area (Å²) in [4.78, 5) is 4.06. The van der Waals surface area contributed by atoms with E-state index in [9.17, 15) is 5.11 Å². The number of aromatic nitrogens is 3. The van der Waals surface area contributed by atoms with Gasteiger partial charge < -0.3 is 15.4 Å². The SMILES string of the molecule is OCC(O)Cn1cc(-c2ccc3c(c2)CC/C3=N\O)c(-c2ccncc2)n1. The normalized spacial score (nSPS) is 15.9. The van der Waals surface area contributed by atoms with Gasteiger partial charge in [0.05, 0.1) is 25.0 Å². The lowest BCUT2D eigenvalue weighted by atomic mass is 9.98. The van der Waals surface area contributed by atoms with E-state index < -0.39 is 6.10 Å². The molecule has 1 aliphatic carbocycles. The second kappa shape index (κ2) is 7.30. The summed E-state index contributed by atoms with van der Waals surface area (Å²) in [5.41, 5.74) is 6.49. The first-order valence-corrected chi connectivity index (χ1v) is 8.81. The van der Waals surface area contributed by atoms with E-state index >= 15 is 0 Å². The number of aryl methyl sites for hydroxylation is 1. The number of rotatable bonds is 5. The van der Waals surface area contributed by atoms with Crippen molar-refractivity contribution in [3.8, 4) is 22.4 Å². The Labute approximate surface area is 156 Å². The van der Waals surface area contributed by atoms with E-state index in [-0.39, 0.29) is 13.2 Å². The summed E-state index contributed by atoms with van der Waals surface area (Å²) in [5, 5.41) is 36.0. The predicted molar refractivity (Wildman–Crippen MR) is 101 cm³/mol. The minimum absolute atomic E-state index is 0.209. The van der Waals surface area contributed by atoms with Gasteiger partial charge in [-0.3, -0.25) is 9.67 Å². The van der Waals surface area contributed by atoms with Crippen LogP contribution in [0.2, 0.25) is 0 Å². The fourth-order valence-electron chi connectivity index (χ4n) is 3.46. The van der Waals surface area contributed by atoms with Crippen LogP contribution < -0.4 is 0 Å². The molecule has 0 saturated heterocycles. The Morgan fingerprint density at radius 3 is 2.63 bits per heavy atom. The highest BCUT2D eigenvalue weighted by atomic mass is 16.4. The van der Waals surface area contributed by atoms with Crippen LogP contribution in [0, 0.1) is 0 Å². The minimum atomic E-state index is -0.869. The molecule has 1 atom stereocenters. The number of aliphatic hydroxyl groups is 2. The maximum atomic E-state index is 9.78. The van der Waals surface area contributed by atoms with E-state index in [1.165, 1.54) is 0 Å². The molecule has 7 nitrogen and oxygen atoms in total. The first kappa shape index (κ1) is 17.4. The average molecular weight is 364 g/mol. The van der Waals surface area contributed by atoms with Crippen molar-refractivity contribution in [2.24, 2.45) is 5.16 Å². The standard InChI is InChI=1S/C20H20N4O3/c25-12-16(26)10-24-11-18(20(22-24)13-5-7-21-8-6-13)15-1-3-17-14(9-15)2-4-19(17)23-27/h1,3,5-9,11,16,25-27H,2,4,10,12H2/b23-19+. The van der Waals surface area contributed by atoms with Gasteiger partial charge in [0.2, 0.25) is 0 Å². The molecular weight excluding hydrogens is 344 g/mol. The van der Waals surface area contributed by atoms with Crippen LogP contribution in [0.5, 0.6) is 0 Å². The number of oxime groups is 1. The Hall–Kier alpha value is -3.03. The highest BCUT2D eigenvalue weighted by molar-refractivity contribution is 6.04. The summed E-state index contributed by atoms with van der Waals surface area (Å²) in [6.45, 7) is -0.108. The second-order valence-electron chi connectivity index (χ2n) is 6.60. The average Bonchev–Trinajstić information content (AvgIpc) is 3.31. The molecule has 0 bridgehead atoms. The third kappa shape index (κ3) is 3.34. The zero-order valence-corrected chi connectivity index (χ0v) is 14.7. The van der Waals surface area contributed by atoms with Crippen LogP contribution in [0.1, 0.15) is 17.5 Å². The number of benzene rings is 1. The van der Waals surface area contributed by atoms with E-state index in [2.05, 4.69) is 21.3 Å².